The third-order valence-electron chi connectivity index (χ3n) is 5.13. The van der Waals surface area contributed by atoms with Crippen LogP contribution < -0.4 is 9.64 Å². The molecule has 4 rings (SSSR count). The smallest absolute Gasteiger partial charge is 0.129 e. The number of pyridine rings is 1. The van der Waals surface area contributed by atoms with Gasteiger partial charge in [-0.25, -0.2) is 4.98 Å². The van der Waals surface area contributed by atoms with Crippen LogP contribution in [0.1, 0.15) is 12.0 Å². The Hall–Kier alpha value is -3.56. The summed E-state index contributed by atoms with van der Waals surface area (Å²) in [6.07, 6.45) is 0.326. The van der Waals surface area contributed by atoms with Gasteiger partial charge in [0.1, 0.15) is 17.3 Å². The summed E-state index contributed by atoms with van der Waals surface area (Å²) in [4.78, 5) is 6.80. The second kappa shape index (κ2) is 7.82. The van der Waals surface area contributed by atoms with Gasteiger partial charge in [0, 0.05) is 18.7 Å². The molecule has 1 aliphatic heterocycles. The molecule has 146 valence electrons. The first-order chi connectivity index (χ1) is 14.1. The number of phenolic OH excluding ortho intramolecular Hbond substituents is 1. The van der Waals surface area contributed by atoms with Crippen LogP contribution in [0.5, 0.6) is 11.5 Å². The summed E-state index contributed by atoms with van der Waals surface area (Å²) < 4.78 is 5.30. The minimum Gasteiger partial charge on any atom is -0.507 e. The summed E-state index contributed by atoms with van der Waals surface area (Å²) in [5, 5.41) is 29.4. The van der Waals surface area contributed by atoms with Crippen LogP contribution in [-0.2, 0) is 0 Å². The van der Waals surface area contributed by atoms with Gasteiger partial charge in [0.15, 0.2) is 0 Å². The van der Waals surface area contributed by atoms with Crippen molar-refractivity contribution >= 4 is 5.82 Å². The van der Waals surface area contributed by atoms with E-state index in [4.69, 9.17) is 15.0 Å². The molecule has 6 heteroatoms. The van der Waals surface area contributed by atoms with E-state index in [1.54, 1.807) is 37.4 Å². The summed E-state index contributed by atoms with van der Waals surface area (Å²) in [5.74, 6) is 1.48. The number of hydrogen-bond donors (Lipinski definition) is 2. The molecule has 0 aliphatic carbocycles. The van der Waals surface area contributed by atoms with Crippen molar-refractivity contribution in [3.8, 4) is 40.0 Å². The molecule has 0 spiro atoms. The van der Waals surface area contributed by atoms with Crippen molar-refractivity contribution in [2.24, 2.45) is 0 Å². The summed E-state index contributed by atoms with van der Waals surface area (Å²) >= 11 is 0. The first kappa shape index (κ1) is 18.8. The van der Waals surface area contributed by atoms with E-state index < -0.39 is 0 Å². The van der Waals surface area contributed by atoms with Crippen molar-refractivity contribution in [3.63, 3.8) is 0 Å². The van der Waals surface area contributed by atoms with E-state index in [1.165, 1.54) is 0 Å². The first-order valence-electron chi connectivity index (χ1n) is 9.40. The minimum absolute atomic E-state index is 0.114. The number of aliphatic hydroxyl groups is 1. The lowest BCUT2D eigenvalue weighted by molar-refractivity contribution is 0.198. The number of ether oxygens (including phenoxy) is 1. The second-order valence-corrected chi connectivity index (χ2v) is 7.06. The molecular formula is C23H21N3O3. The molecule has 0 saturated carbocycles. The van der Waals surface area contributed by atoms with E-state index in [1.807, 2.05) is 29.2 Å². The Bertz CT molecular complexity index is 1070. The number of β-amino-alcohol motifs (C(OH)–C–C–N with tert-alkyl or cyclic N) is 1. The maximum Gasteiger partial charge on any atom is 0.129 e. The average Bonchev–Trinajstić information content (AvgIpc) is 3.20. The third-order valence-corrected chi connectivity index (χ3v) is 5.13. The second-order valence-electron chi connectivity index (χ2n) is 7.06. The van der Waals surface area contributed by atoms with Gasteiger partial charge in [0.2, 0.25) is 0 Å². The number of aromatic nitrogens is 1. The molecule has 2 N–H and O–H groups in total. The largest absolute Gasteiger partial charge is 0.507 e. The van der Waals surface area contributed by atoms with Crippen molar-refractivity contribution in [2.45, 2.75) is 12.5 Å². The number of benzene rings is 2. The molecule has 0 amide bonds. The molecule has 0 bridgehead atoms. The molecule has 29 heavy (non-hydrogen) atoms. The fourth-order valence-corrected chi connectivity index (χ4v) is 3.52. The maximum atomic E-state index is 10.4. The number of methoxy groups -OCH3 is 1. The number of phenols is 1. The van der Waals surface area contributed by atoms with Gasteiger partial charge in [0.25, 0.3) is 0 Å². The van der Waals surface area contributed by atoms with Crippen molar-refractivity contribution < 1.29 is 14.9 Å². The van der Waals surface area contributed by atoms with Gasteiger partial charge < -0.3 is 19.8 Å². The van der Waals surface area contributed by atoms with Gasteiger partial charge >= 0.3 is 0 Å². The van der Waals surface area contributed by atoms with Crippen LogP contribution in [-0.4, -0.2) is 41.5 Å². The zero-order valence-corrected chi connectivity index (χ0v) is 16.0. The van der Waals surface area contributed by atoms with Crippen molar-refractivity contribution in [1.29, 1.82) is 5.26 Å². The fraction of sp³-hybridized carbons (Fsp3) is 0.217. The molecule has 0 radical (unpaired) electrons. The molecule has 1 aromatic heterocycles. The zero-order chi connectivity index (χ0) is 20.4. The van der Waals surface area contributed by atoms with Gasteiger partial charge in [-0.2, -0.15) is 5.26 Å². The predicted molar refractivity (Wildman–Crippen MR) is 111 cm³/mol. The monoisotopic (exact) mass is 387 g/mol. The molecule has 1 atom stereocenters. The third kappa shape index (κ3) is 3.86. The fourth-order valence-electron chi connectivity index (χ4n) is 3.52. The maximum absolute atomic E-state index is 10.4. The standard InChI is InChI=1S/C23H21N3O3/c1-29-19-6-7-22(28)20(12-19)21-10-17(16-4-2-15(13-24)3-5-16)11-23(25-21)26-9-8-18(27)14-26/h2-7,10-12,18,27-28H,8-9,14H2,1H3. The molecule has 1 fully saturated rings. The molecule has 1 saturated heterocycles. The highest BCUT2D eigenvalue weighted by molar-refractivity contribution is 5.77. The number of hydrogen-bond acceptors (Lipinski definition) is 6. The van der Waals surface area contributed by atoms with E-state index in [-0.39, 0.29) is 11.9 Å². The number of anilines is 1. The zero-order valence-electron chi connectivity index (χ0n) is 16.0. The van der Waals surface area contributed by atoms with Gasteiger partial charge in [-0.05, 0) is 60.0 Å². The number of nitriles is 1. The van der Waals surface area contributed by atoms with Gasteiger partial charge in [0.05, 0.1) is 30.5 Å². The Labute approximate surface area is 169 Å². The van der Waals surface area contributed by atoms with E-state index in [9.17, 15) is 10.2 Å². The minimum atomic E-state index is -0.371. The Morgan fingerprint density at radius 2 is 1.90 bits per heavy atom. The topological polar surface area (TPSA) is 89.6 Å². The summed E-state index contributed by atoms with van der Waals surface area (Å²) in [6.45, 7) is 1.24. The lowest BCUT2D eigenvalue weighted by Crippen LogP contribution is -2.22. The molecule has 2 heterocycles. The molecule has 1 aliphatic rings. The van der Waals surface area contributed by atoms with Crippen LogP contribution in [0.15, 0.2) is 54.6 Å². The van der Waals surface area contributed by atoms with Crippen LogP contribution in [0.25, 0.3) is 22.4 Å². The molecule has 2 aromatic carbocycles. The van der Waals surface area contributed by atoms with Crippen LogP contribution in [0, 0.1) is 11.3 Å². The molecular weight excluding hydrogens is 366 g/mol. The lowest BCUT2D eigenvalue weighted by Gasteiger charge is -2.19. The van der Waals surface area contributed by atoms with Crippen LogP contribution in [0.4, 0.5) is 5.82 Å². The Balaban J connectivity index is 1.85. The van der Waals surface area contributed by atoms with Crippen molar-refractivity contribution in [1.82, 2.24) is 4.98 Å². The Morgan fingerprint density at radius 3 is 2.55 bits per heavy atom. The van der Waals surface area contributed by atoms with Gasteiger partial charge in [-0.15, -0.1) is 0 Å². The van der Waals surface area contributed by atoms with E-state index in [2.05, 4.69) is 6.07 Å². The molecule has 6 nitrogen and oxygen atoms in total. The highest BCUT2D eigenvalue weighted by Gasteiger charge is 2.23. The van der Waals surface area contributed by atoms with Crippen LogP contribution >= 0.6 is 0 Å². The SMILES string of the molecule is COc1ccc(O)c(-c2cc(-c3ccc(C#N)cc3)cc(N3CCC(O)C3)n2)c1. The number of aliphatic hydroxyl groups excluding tert-OH is 1. The molecule has 1 unspecified atom stereocenters. The number of rotatable bonds is 4. The van der Waals surface area contributed by atoms with E-state index in [0.717, 1.165) is 16.9 Å². The average molecular weight is 387 g/mol. The Morgan fingerprint density at radius 1 is 1.10 bits per heavy atom. The highest BCUT2D eigenvalue weighted by atomic mass is 16.5. The van der Waals surface area contributed by atoms with Gasteiger partial charge in [-0.1, -0.05) is 12.1 Å². The van der Waals surface area contributed by atoms with Crippen LogP contribution in [0.2, 0.25) is 0 Å². The summed E-state index contributed by atoms with van der Waals surface area (Å²) in [7, 11) is 1.58. The van der Waals surface area contributed by atoms with Gasteiger partial charge in [-0.3, -0.25) is 0 Å². The number of aromatic hydroxyl groups is 1. The van der Waals surface area contributed by atoms with Crippen LogP contribution in [0.3, 0.4) is 0 Å². The van der Waals surface area contributed by atoms with Crippen molar-refractivity contribution in [2.75, 3.05) is 25.1 Å². The predicted octanol–water partition coefficient (Wildman–Crippen LogP) is 3.57. The Kier molecular flexibility index (Phi) is 5.07. The highest BCUT2D eigenvalue weighted by Crippen LogP contribution is 2.36. The normalized spacial score (nSPS) is 15.9. The summed E-state index contributed by atoms with van der Waals surface area (Å²) in [6, 6.07) is 18.4. The molecule has 3 aromatic rings. The van der Waals surface area contributed by atoms with E-state index >= 15 is 0 Å². The summed E-state index contributed by atoms with van der Waals surface area (Å²) in [5.41, 5.74) is 3.63. The lowest BCUT2D eigenvalue weighted by atomic mass is 10.0. The first-order valence-corrected chi connectivity index (χ1v) is 9.40. The van der Waals surface area contributed by atoms with Crippen molar-refractivity contribution in [3.05, 3.63) is 60.2 Å². The van der Waals surface area contributed by atoms with E-state index in [0.29, 0.717) is 42.1 Å². The number of nitrogens with zero attached hydrogens (tertiary/aromatic N) is 3. The quantitative estimate of drug-likeness (QED) is 0.711.